The van der Waals surface area contributed by atoms with Gasteiger partial charge >= 0.3 is 6.18 Å². The number of carbonyl (C=O) groups excluding carboxylic acids is 1. The predicted octanol–water partition coefficient (Wildman–Crippen LogP) is 3.61. The summed E-state index contributed by atoms with van der Waals surface area (Å²) in [6.45, 7) is 0.00157. The molecule has 1 aromatic heterocycles. The first-order chi connectivity index (χ1) is 12.3. The maximum atomic E-state index is 12.7. The summed E-state index contributed by atoms with van der Waals surface area (Å²) < 4.78 is 38.1. The maximum Gasteiger partial charge on any atom is 0.416 e. The van der Waals surface area contributed by atoms with Crippen LogP contribution in [0.25, 0.3) is 11.3 Å². The molecule has 0 saturated carbocycles. The number of aromatic nitrogens is 2. The monoisotopic (exact) mass is 360 g/mol. The van der Waals surface area contributed by atoms with Crippen molar-refractivity contribution in [3.8, 4) is 11.3 Å². The zero-order valence-electron chi connectivity index (χ0n) is 13.5. The van der Waals surface area contributed by atoms with E-state index in [4.69, 9.17) is 5.73 Å². The quantitative estimate of drug-likeness (QED) is 0.665. The summed E-state index contributed by atoms with van der Waals surface area (Å²) in [5, 5.41) is 9.21. The van der Waals surface area contributed by atoms with Crippen LogP contribution in [-0.4, -0.2) is 16.1 Å². The first-order valence-electron chi connectivity index (χ1n) is 7.68. The number of nitrogen functional groups attached to an aromatic ring is 1. The number of rotatable bonds is 4. The molecule has 5 nitrogen and oxygen atoms in total. The topological polar surface area (TPSA) is 83.8 Å². The Bertz CT molecular complexity index is 917. The number of H-pyrrole nitrogens is 1. The summed E-state index contributed by atoms with van der Waals surface area (Å²) >= 11 is 0. The van der Waals surface area contributed by atoms with Crippen LogP contribution >= 0.6 is 0 Å². The van der Waals surface area contributed by atoms with Crippen molar-refractivity contribution >= 4 is 11.7 Å². The molecule has 0 aliphatic carbocycles. The van der Waals surface area contributed by atoms with Crippen molar-refractivity contribution in [3.63, 3.8) is 0 Å². The zero-order valence-corrected chi connectivity index (χ0v) is 13.5. The molecule has 0 unspecified atom stereocenters. The molecule has 3 rings (SSSR count). The Morgan fingerprint density at radius 3 is 2.46 bits per heavy atom. The number of halogens is 3. The second-order valence-electron chi connectivity index (χ2n) is 5.66. The number of nitrogens with zero attached hydrogens (tertiary/aromatic N) is 1. The number of nitrogens with one attached hydrogen (secondary N) is 2. The van der Waals surface area contributed by atoms with Crippen LogP contribution in [0.5, 0.6) is 0 Å². The van der Waals surface area contributed by atoms with Gasteiger partial charge < -0.3 is 11.1 Å². The lowest BCUT2D eigenvalue weighted by molar-refractivity contribution is -0.137. The Kier molecular flexibility index (Phi) is 4.66. The van der Waals surface area contributed by atoms with Crippen LogP contribution in [0.15, 0.2) is 54.6 Å². The van der Waals surface area contributed by atoms with Crippen LogP contribution in [-0.2, 0) is 12.7 Å². The van der Waals surface area contributed by atoms with Crippen molar-refractivity contribution in [1.29, 1.82) is 0 Å². The van der Waals surface area contributed by atoms with Gasteiger partial charge in [-0.25, -0.2) is 0 Å². The predicted molar refractivity (Wildman–Crippen MR) is 91.1 cm³/mol. The van der Waals surface area contributed by atoms with E-state index in [1.807, 2.05) is 0 Å². The lowest BCUT2D eigenvalue weighted by Gasteiger charge is -2.10. The molecule has 0 aliphatic heterocycles. The molecule has 0 atom stereocenters. The van der Waals surface area contributed by atoms with Gasteiger partial charge in [0.15, 0.2) is 0 Å². The fourth-order valence-electron chi connectivity index (χ4n) is 2.43. The summed E-state index contributed by atoms with van der Waals surface area (Å²) in [6, 6.07) is 13.2. The third-order valence-electron chi connectivity index (χ3n) is 3.76. The number of hydrogen-bond acceptors (Lipinski definition) is 3. The molecule has 0 bridgehead atoms. The van der Waals surface area contributed by atoms with Gasteiger partial charge in [0, 0.05) is 18.2 Å². The van der Waals surface area contributed by atoms with E-state index in [9.17, 15) is 18.0 Å². The molecule has 134 valence electrons. The molecule has 0 fully saturated rings. The lowest BCUT2D eigenvalue weighted by atomic mass is 10.1. The average Bonchev–Trinajstić information content (AvgIpc) is 3.06. The van der Waals surface area contributed by atoms with Gasteiger partial charge in [-0.3, -0.25) is 9.89 Å². The largest absolute Gasteiger partial charge is 0.416 e. The number of alkyl halides is 3. The summed E-state index contributed by atoms with van der Waals surface area (Å²) in [5.74, 6) is -0.0130. The SMILES string of the molecule is Nc1cc(-c2ccc(C(=O)NCc3cccc(C(F)(F)F)c3)cc2)[nH]n1. The molecule has 0 aliphatic rings. The number of anilines is 1. The third-order valence-corrected chi connectivity index (χ3v) is 3.76. The van der Waals surface area contributed by atoms with Crippen molar-refractivity contribution in [1.82, 2.24) is 15.5 Å². The summed E-state index contributed by atoms with van der Waals surface area (Å²) in [5.41, 5.74) is 7.11. The highest BCUT2D eigenvalue weighted by Gasteiger charge is 2.30. The number of carbonyl (C=O) groups is 1. The average molecular weight is 360 g/mol. The number of aromatic amines is 1. The van der Waals surface area contributed by atoms with E-state index >= 15 is 0 Å². The summed E-state index contributed by atoms with van der Waals surface area (Å²) in [6.07, 6.45) is -4.41. The van der Waals surface area contributed by atoms with Crippen molar-refractivity contribution in [2.75, 3.05) is 5.73 Å². The van der Waals surface area contributed by atoms with Gasteiger partial charge in [0.25, 0.3) is 5.91 Å². The van der Waals surface area contributed by atoms with E-state index in [1.165, 1.54) is 12.1 Å². The van der Waals surface area contributed by atoms with Crippen molar-refractivity contribution in [3.05, 3.63) is 71.3 Å². The van der Waals surface area contributed by atoms with Crippen LogP contribution in [0, 0.1) is 0 Å². The highest BCUT2D eigenvalue weighted by atomic mass is 19.4. The number of nitrogens with two attached hydrogens (primary N) is 1. The van der Waals surface area contributed by atoms with Gasteiger partial charge in [-0.1, -0.05) is 24.3 Å². The Hall–Kier alpha value is -3.29. The molecule has 26 heavy (non-hydrogen) atoms. The smallest absolute Gasteiger partial charge is 0.382 e. The zero-order chi connectivity index (χ0) is 18.7. The number of amides is 1. The van der Waals surface area contributed by atoms with E-state index in [-0.39, 0.29) is 12.5 Å². The fraction of sp³-hybridized carbons (Fsp3) is 0.111. The Balaban J connectivity index is 1.65. The molecular formula is C18H15F3N4O. The van der Waals surface area contributed by atoms with Gasteiger partial charge in [-0.05, 0) is 35.4 Å². The van der Waals surface area contributed by atoms with E-state index in [1.54, 1.807) is 30.3 Å². The molecular weight excluding hydrogens is 345 g/mol. The highest BCUT2D eigenvalue weighted by Crippen LogP contribution is 2.29. The third kappa shape index (κ3) is 4.02. The maximum absolute atomic E-state index is 12.7. The van der Waals surface area contributed by atoms with E-state index in [0.29, 0.717) is 16.9 Å². The second kappa shape index (κ2) is 6.91. The Labute approximate surface area is 147 Å². The lowest BCUT2D eigenvalue weighted by Crippen LogP contribution is -2.23. The first kappa shape index (κ1) is 17.5. The second-order valence-corrected chi connectivity index (χ2v) is 5.66. The van der Waals surface area contributed by atoms with Crippen molar-refractivity contribution < 1.29 is 18.0 Å². The minimum absolute atomic E-state index is 0.00157. The van der Waals surface area contributed by atoms with Crippen LogP contribution in [0.4, 0.5) is 19.0 Å². The van der Waals surface area contributed by atoms with E-state index in [0.717, 1.165) is 23.4 Å². The minimum Gasteiger partial charge on any atom is -0.382 e. The summed E-state index contributed by atoms with van der Waals surface area (Å²) in [4.78, 5) is 12.2. The van der Waals surface area contributed by atoms with Gasteiger partial charge in [-0.2, -0.15) is 18.3 Å². The molecule has 3 aromatic rings. The molecule has 0 saturated heterocycles. The van der Waals surface area contributed by atoms with Gasteiger partial charge in [0.2, 0.25) is 0 Å². The molecule has 1 heterocycles. The molecule has 0 spiro atoms. The molecule has 4 N–H and O–H groups in total. The molecule has 8 heteroatoms. The van der Waals surface area contributed by atoms with E-state index in [2.05, 4.69) is 15.5 Å². The van der Waals surface area contributed by atoms with Crippen LogP contribution in [0.2, 0.25) is 0 Å². The first-order valence-corrected chi connectivity index (χ1v) is 7.68. The summed E-state index contributed by atoms with van der Waals surface area (Å²) in [7, 11) is 0. The number of benzene rings is 2. The van der Waals surface area contributed by atoms with Crippen molar-refractivity contribution in [2.24, 2.45) is 0 Å². The van der Waals surface area contributed by atoms with Crippen LogP contribution in [0.1, 0.15) is 21.5 Å². The normalized spacial score (nSPS) is 11.3. The fourth-order valence-corrected chi connectivity index (χ4v) is 2.43. The Morgan fingerprint density at radius 1 is 1.12 bits per heavy atom. The molecule has 0 radical (unpaired) electrons. The van der Waals surface area contributed by atoms with Crippen molar-refractivity contribution in [2.45, 2.75) is 12.7 Å². The molecule has 2 aromatic carbocycles. The van der Waals surface area contributed by atoms with E-state index < -0.39 is 11.7 Å². The van der Waals surface area contributed by atoms with Gasteiger partial charge in [0.1, 0.15) is 5.82 Å². The van der Waals surface area contributed by atoms with Gasteiger partial charge in [0.05, 0.1) is 11.3 Å². The van der Waals surface area contributed by atoms with Crippen LogP contribution < -0.4 is 11.1 Å². The van der Waals surface area contributed by atoms with Crippen LogP contribution in [0.3, 0.4) is 0 Å². The minimum atomic E-state index is -4.41. The standard InChI is InChI=1S/C18H15F3N4O/c19-18(20,21)14-3-1-2-11(8-14)10-23-17(26)13-6-4-12(5-7-13)15-9-16(22)25-24-15/h1-9H,10H2,(H,23,26)(H3,22,24,25). The Morgan fingerprint density at radius 2 is 1.85 bits per heavy atom. The van der Waals surface area contributed by atoms with Gasteiger partial charge in [-0.15, -0.1) is 0 Å². The number of hydrogen-bond donors (Lipinski definition) is 3. The molecule has 1 amide bonds. The highest BCUT2D eigenvalue weighted by molar-refractivity contribution is 5.94.